The van der Waals surface area contributed by atoms with Crippen LogP contribution in [-0.2, 0) is 23.1 Å². The van der Waals surface area contributed by atoms with Gasteiger partial charge in [0.2, 0.25) is 0 Å². The molecule has 0 radical (unpaired) electrons. The molecule has 5 rings (SSSR count). The van der Waals surface area contributed by atoms with E-state index in [1.807, 2.05) is 78.3 Å². The first-order valence-corrected chi connectivity index (χ1v) is 13.0. The van der Waals surface area contributed by atoms with Crippen molar-refractivity contribution in [2.45, 2.75) is 36.7 Å². The summed E-state index contributed by atoms with van der Waals surface area (Å²) in [5.74, 6) is 0.536. The number of hydrogen-bond donors (Lipinski definition) is 2. The third-order valence-corrected chi connectivity index (χ3v) is 7.33. The summed E-state index contributed by atoms with van der Waals surface area (Å²) < 4.78 is 14.7. The lowest BCUT2D eigenvalue weighted by Gasteiger charge is -2.36. The predicted octanol–water partition coefficient (Wildman–Crippen LogP) is 4.90. The van der Waals surface area contributed by atoms with Gasteiger partial charge in [0, 0.05) is 36.0 Å². The Labute approximate surface area is 219 Å². The van der Waals surface area contributed by atoms with Crippen molar-refractivity contribution in [3.63, 3.8) is 0 Å². The predicted molar refractivity (Wildman–Crippen MR) is 141 cm³/mol. The number of benzene rings is 3. The number of carbonyl (C=O) groups is 1. The second-order valence-electron chi connectivity index (χ2n) is 8.83. The largest absolute Gasteiger partial charge is 0.392 e. The average molecular weight is 517 g/mol. The number of hydrogen-bond acceptors (Lipinski definition) is 7. The van der Waals surface area contributed by atoms with E-state index in [1.54, 1.807) is 30.2 Å². The maximum Gasteiger partial charge on any atom is 0.255 e. The molecule has 1 aromatic heterocycles. The zero-order valence-electron chi connectivity index (χ0n) is 20.4. The van der Waals surface area contributed by atoms with Crippen LogP contribution in [0.4, 0.5) is 5.69 Å². The molecular weight excluding hydrogens is 488 g/mol. The first-order chi connectivity index (χ1) is 18.1. The van der Waals surface area contributed by atoms with Crippen LogP contribution in [0.5, 0.6) is 0 Å². The second-order valence-corrected chi connectivity index (χ2v) is 9.81. The maximum atomic E-state index is 12.5. The van der Waals surface area contributed by atoms with Crippen LogP contribution in [0.25, 0.3) is 0 Å². The Morgan fingerprint density at radius 1 is 1.03 bits per heavy atom. The number of nitrogens with zero attached hydrogens (tertiary/aromatic N) is 3. The lowest BCUT2D eigenvalue weighted by atomic mass is 10.0. The number of nitrogens with one attached hydrogen (secondary N) is 1. The highest BCUT2D eigenvalue weighted by molar-refractivity contribution is 7.99. The molecule has 1 aliphatic rings. The number of aliphatic hydroxyl groups excluding tert-OH is 1. The molecule has 8 nitrogen and oxygen atoms in total. The molecule has 0 unspecified atom stereocenters. The third-order valence-electron chi connectivity index (χ3n) is 6.16. The van der Waals surface area contributed by atoms with E-state index in [0.29, 0.717) is 23.4 Å². The van der Waals surface area contributed by atoms with Crippen LogP contribution >= 0.6 is 11.8 Å². The van der Waals surface area contributed by atoms with Crippen LogP contribution in [-0.4, -0.2) is 37.6 Å². The first-order valence-electron chi connectivity index (χ1n) is 12.0. The Kier molecular flexibility index (Phi) is 7.96. The minimum absolute atomic E-state index is 0.00165. The number of thioether (sulfide) groups is 1. The van der Waals surface area contributed by atoms with Crippen LogP contribution in [0, 0.1) is 0 Å². The van der Waals surface area contributed by atoms with Gasteiger partial charge in [-0.15, -0.1) is 10.2 Å². The van der Waals surface area contributed by atoms with Gasteiger partial charge in [-0.1, -0.05) is 66.4 Å². The zero-order chi connectivity index (χ0) is 25.6. The highest BCUT2D eigenvalue weighted by Crippen LogP contribution is 2.39. The lowest BCUT2D eigenvalue weighted by Crippen LogP contribution is -2.31. The van der Waals surface area contributed by atoms with E-state index in [-0.39, 0.29) is 24.7 Å². The molecule has 3 atom stereocenters. The average Bonchev–Trinajstić information content (AvgIpc) is 3.37. The quantitative estimate of drug-likeness (QED) is 0.322. The number of anilines is 1. The summed E-state index contributed by atoms with van der Waals surface area (Å²) in [6.45, 7) is 0.00165. The van der Waals surface area contributed by atoms with Crippen molar-refractivity contribution in [3.8, 4) is 0 Å². The molecule has 1 fully saturated rings. The van der Waals surface area contributed by atoms with Crippen LogP contribution in [0.2, 0.25) is 0 Å². The van der Waals surface area contributed by atoms with Gasteiger partial charge in [0.05, 0.1) is 18.8 Å². The summed E-state index contributed by atoms with van der Waals surface area (Å²) in [5.41, 5.74) is 4.05. The fourth-order valence-electron chi connectivity index (χ4n) is 4.11. The number of aromatic nitrogens is 3. The Hall–Kier alpha value is -3.50. The zero-order valence-corrected chi connectivity index (χ0v) is 21.2. The van der Waals surface area contributed by atoms with Crippen LogP contribution in [0.3, 0.4) is 0 Å². The molecule has 0 spiro atoms. The molecule has 1 aliphatic heterocycles. The topological polar surface area (TPSA) is 98.5 Å². The van der Waals surface area contributed by atoms with Crippen molar-refractivity contribution in [3.05, 3.63) is 107 Å². The minimum atomic E-state index is -0.569. The number of amides is 1. The molecule has 3 aromatic carbocycles. The molecule has 9 heteroatoms. The molecule has 2 N–H and O–H groups in total. The van der Waals surface area contributed by atoms with Gasteiger partial charge in [-0.25, -0.2) is 0 Å². The molecule has 1 saturated heterocycles. The molecule has 37 heavy (non-hydrogen) atoms. The van der Waals surface area contributed by atoms with E-state index < -0.39 is 6.29 Å². The van der Waals surface area contributed by atoms with Gasteiger partial charge in [0.15, 0.2) is 11.4 Å². The van der Waals surface area contributed by atoms with E-state index in [9.17, 15) is 9.90 Å². The monoisotopic (exact) mass is 516 g/mol. The van der Waals surface area contributed by atoms with Crippen LogP contribution < -0.4 is 5.32 Å². The normalized spacial score (nSPS) is 19.5. The van der Waals surface area contributed by atoms with Crippen molar-refractivity contribution in [1.82, 2.24) is 14.8 Å². The van der Waals surface area contributed by atoms with Gasteiger partial charge in [0.1, 0.15) is 6.33 Å². The second kappa shape index (κ2) is 11.7. The Morgan fingerprint density at radius 2 is 1.76 bits per heavy atom. The summed E-state index contributed by atoms with van der Waals surface area (Å²) in [6, 6.07) is 24.4. The fraction of sp³-hybridized carbons (Fsp3) is 0.250. The Balaban J connectivity index is 1.31. The fourth-order valence-corrected chi connectivity index (χ4v) is 5.02. The van der Waals surface area contributed by atoms with Crippen molar-refractivity contribution in [2.24, 2.45) is 7.05 Å². The summed E-state index contributed by atoms with van der Waals surface area (Å²) in [6.07, 6.45) is 1.54. The molecule has 0 aliphatic carbocycles. The van der Waals surface area contributed by atoms with Gasteiger partial charge >= 0.3 is 0 Å². The van der Waals surface area contributed by atoms with E-state index in [1.165, 1.54) is 0 Å². The Morgan fingerprint density at radius 3 is 2.43 bits per heavy atom. The number of rotatable bonds is 8. The number of ether oxygens (including phenoxy) is 2. The number of carbonyl (C=O) groups excluding carboxylic acids is 1. The van der Waals surface area contributed by atoms with E-state index in [4.69, 9.17) is 9.47 Å². The van der Waals surface area contributed by atoms with Crippen molar-refractivity contribution in [1.29, 1.82) is 0 Å². The molecule has 2 heterocycles. The minimum Gasteiger partial charge on any atom is -0.392 e. The summed E-state index contributed by atoms with van der Waals surface area (Å²) in [4.78, 5) is 12.5. The summed E-state index contributed by atoms with van der Waals surface area (Å²) in [7, 11) is 1.92. The SMILES string of the molecule is Cn1cnnc1SC[C@@H]1C[C@H](c2ccc(CO)cc2)O[C@H](c2ccc(NC(=O)c3ccccc3)cc2)O1. The highest BCUT2D eigenvalue weighted by atomic mass is 32.2. The Bertz CT molecular complexity index is 1310. The van der Waals surface area contributed by atoms with Gasteiger partial charge in [0.25, 0.3) is 5.91 Å². The van der Waals surface area contributed by atoms with E-state index >= 15 is 0 Å². The van der Waals surface area contributed by atoms with Crippen LogP contribution in [0.1, 0.15) is 45.9 Å². The van der Waals surface area contributed by atoms with E-state index in [2.05, 4.69) is 15.5 Å². The highest BCUT2D eigenvalue weighted by Gasteiger charge is 2.32. The van der Waals surface area contributed by atoms with Crippen molar-refractivity contribution in [2.75, 3.05) is 11.1 Å². The van der Waals surface area contributed by atoms with Crippen LogP contribution in [0.15, 0.2) is 90.3 Å². The standard InChI is InChI=1S/C28H28N4O4S/c1-32-18-29-31-28(32)37-17-24-15-25(20-9-7-19(16-33)8-10-20)36-27(35-24)22-11-13-23(14-12-22)30-26(34)21-5-3-2-4-6-21/h2-14,18,24-25,27,33H,15-17H2,1H3,(H,30,34)/t24-,25+,27+/m0/s1. The maximum absolute atomic E-state index is 12.5. The van der Waals surface area contributed by atoms with Gasteiger partial charge in [-0.2, -0.15) is 0 Å². The third kappa shape index (κ3) is 6.26. The molecule has 190 valence electrons. The molecule has 0 bridgehead atoms. The van der Waals surface area contributed by atoms with E-state index in [0.717, 1.165) is 21.8 Å². The lowest BCUT2D eigenvalue weighted by molar-refractivity contribution is -0.245. The first kappa shape index (κ1) is 25.2. The van der Waals surface area contributed by atoms with Gasteiger partial charge in [-0.3, -0.25) is 4.79 Å². The number of aryl methyl sites for hydroxylation is 1. The van der Waals surface area contributed by atoms with Crippen molar-refractivity contribution < 1.29 is 19.4 Å². The number of aliphatic hydroxyl groups is 1. The van der Waals surface area contributed by atoms with Gasteiger partial charge < -0.3 is 24.5 Å². The summed E-state index contributed by atoms with van der Waals surface area (Å²) >= 11 is 1.60. The smallest absolute Gasteiger partial charge is 0.255 e. The van der Waals surface area contributed by atoms with Gasteiger partial charge in [-0.05, 0) is 35.4 Å². The summed E-state index contributed by atoms with van der Waals surface area (Å²) in [5, 5.41) is 21.3. The molecule has 4 aromatic rings. The molecule has 1 amide bonds. The molecule has 0 saturated carbocycles. The van der Waals surface area contributed by atoms with Crippen molar-refractivity contribution >= 4 is 23.4 Å². The molecular formula is C28H28N4O4S.